The van der Waals surface area contributed by atoms with Gasteiger partial charge in [-0.3, -0.25) is 9.59 Å². The molecule has 0 aromatic rings. The Morgan fingerprint density at radius 3 is 2.31 bits per heavy atom. The maximum Gasteiger partial charge on any atom is 0.315 e. The Morgan fingerprint density at radius 1 is 1.25 bits per heavy atom. The molecule has 0 aliphatic heterocycles. The third kappa shape index (κ3) is 1.28. The third-order valence-corrected chi connectivity index (χ3v) is 4.81. The first kappa shape index (κ1) is 10.1. The number of hydrogen-bond acceptors (Lipinski definition) is 2. The highest BCUT2D eigenvalue weighted by atomic mass is 16.4. The highest BCUT2D eigenvalue weighted by molar-refractivity contribution is 5.96. The van der Waals surface area contributed by atoms with Crippen LogP contribution in [-0.4, -0.2) is 23.0 Å². The van der Waals surface area contributed by atoms with E-state index in [0.29, 0.717) is 17.9 Å². The Hall–Kier alpha value is -1.06. The normalized spacial score (nSPS) is 44.9. The molecule has 3 aliphatic carbocycles. The minimum atomic E-state index is -1.04. The van der Waals surface area contributed by atoms with Crippen LogP contribution in [-0.2, 0) is 9.59 Å². The highest BCUT2D eigenvalue weighted by Crippen LogP contribution is 2.65. The van der Waals surface area contributed by atoms with Crippen LogP contribution in [0.2, 0.25) is 0 Å². The van der Waals surface area contributed by atoms with Crippen LogP contribution in [0.4, 0.5) is 0 Å². The van der Waals surface area contributed by atoms with Crippen LogP contribution in [0.25, 0.3) is 0 Å². The average Bonchev–Trinajstić information content (AvgIpc) is 2.67. The van der Waals surface area contributed by atoms with Crippen LogP contribution in [0.5, 0.6) is 0 Å². The zero-order chi connectivity index (χ0) is 11.4. The van der Waals surface area contributed by atoms with E-state index in [1.807, 2.05) is 0 Å². The molecule has 88 valence electrons. The van der Waals surface area contributed by atoms with Gasteiger partial charge in [0.05, 0.1) is 0 Å². The van der Waals surface area contributed by atoms with E-state index in [1.165, 1.54) is 26.2 Å². The molecular weight excluding hydrogens is 206 g/mol. The van der Waals surface area contributed by atoms with Crippen LogP contribution < -0.4 is 5.32 Å². The third-order valence-electron chi connectivity index (χ3n) is 4.81. The van der Waals surface area contributed by atoms with Gasteiger partial charge >= 0.3 is 5.97 Å². The molecule has 0 radical (unpaired) electrons. The number of carboxylic acids is 1. The number of carbonyl (C=O) groups is 2. The van der Waals surface area contributed by atoms with Gasteiger partial charge in [0.15, 0.2) is 0 Å². The number of carboxylic acid groups (broad SMARTS) is 1. The molecule has 2 bridgehead atoms. The van der Waals surface area contributed by atoms with Gasteiger partial charge in [-0.25, -0.2) is 0 Å². The predicted octanol–water partition coefficient (Wildman–Crippen LogP) is 0.868. The summed E-state index contributed by atoms with van der Waals surface area (Å²) in [5.74, 6) is 0.685. The number of carbonyl (C=O) groups excluding carboxylic acids is 1. The summed E-state index contributed by atoms with van der Waals surface area (Å²) < 4.78 is 0. The molecular formula is C12H17NO3. The summed E-state index contributed by atoms with van der Waals surface area (Å²) in [5, 5.41) is 11.7. The molecule has 3 aliphatic rings. The number of nitrogens with one attached hydrogen (secondary N) is 1. The number of hydrogen-bond donors (Lipinski definition) is 2. The van der Waals surface area contributed by atoms with Gasteiger partial charge in [-0.15, -0.1) is 0 Å². The summed E-state index contributed by atoms with van der Waals surface area (Å²) in [6, 6.07) is 0.292. The van der Waals surface area contributed by atoms with Crippen molar-refractivity contribution in [1.82, 2.24) is 5.32 Å². The summed E-state index contributed by atoms with van der Waals surface area (Å²) in [6.07, 6.45) is 3.97. The van der Waals surface area contributed by atoms with Gasteiger partial charge in [0.2, 0.25) is 5.91 Å². The van der Waals surface area contributed by atoms with Crippen molar-refractivity contribution in [2.45, 2.75) is 32.2 Å². The number of aliphatic carboxylic acids is 1. The standard InChI is InChI=1S/C12H17NO3/c1-5(12(15)16)11(14)13-10-8-6-2-3-7(4-6)9(8)10/h5-10H,2-4H2,1H3,(H,13,14)(H,15,16). The topological polar surface area (TPSA) is 66.4 Å². The van der Waals surface area contributed by atoms with E-state index in [4.69, 9.17) is 5.11 Å². The molecule has 0 spiro atoms. The minimum Gasteiger partial charge on any atom is -0.481 e. The molecule has 1 amide bonds. The molecule has 4 nitrogen and oxygen atoms in total. The summed E-state index contributed by atoms with van der Waals surface area (Å²) in [5.41, 5.74) is 0. The van der Waals surface area contributed by atoms with Crippen LogP contribution in [0.1, 0.15) is 26.2 Å². The predicted molar refractivity (Wildman–Crippen MR) is 56.5 cm³/mol. The first-order chi connectivity index (χ1) is 7.59. The minimum absolute atomic E-state index is 0.292. The Morgan fingerprint density at radius 2 is 1.81 bits per heavy atom. The van der Waals surface area contributed by atoms with Gasteiger partial charge in [0.25, 0.3) is 0 Å². The molecule has 5 atom stereocenters. The Kier molecular flexibility index (Phi) is 2.03. The second-order valence-corrected chi connectivity index (χ2v) is 5.58. The smallest absolute Gasteiger partial charge is 0.315 e. The van der Waals surface area contributed by atoms with Gasteiger partial charge < -0.3 is 10.4 Å². The van der Waals surface area contributed by atoms with Crippen molar-refractivity contribution in [2.24, 2.45) is 29.6 Å². The summed E-state index contributed by atoms with van der Waals surface area (Å²) in [7, 11) is 0. The van der Waals surface area contributed by atoms with Gasteiger partial charge in [0, 0.05) is 6.04 Å². The van der Waals surface area contributed by atoms with E-state index in [1.54, 1.807) is 0 Å². The van der Waals surface area contributed by atoms with Crippen LogP contribution >= 0.6 is 0 Å². The first-order valence-corrected chi connectivity index (χ1v) is 6.12. The lowest BCUT2D eigenvalue weighted by molar-refractivity contribution is -0.146. The molecule has 0 saturated heterocycles. The lowest BCUT2D eigenvalue weighted by Gasteiger charge is -2.12. The molecule has 5 unspecified atom stereocenters. The monoisotopic (exact) mass is 223 g/mol. The Balaban J connectivity index is 1.59. The van der Waals surface area contributed by atoms with E-state index in [0.717, 1.165) is 11.8 Å². The van der Waals surface area contributed by atoms with E-state index in [2.05, 4.69) is 5.32 Å². The molecule has 2 N–H and O–H groups in total. The molecule has 3 saturated carbocycles. The summed E-state index contributed by atoms with van der Waals surface area (Å²) in [6.45, 7) is 1.45. The van der Waals surface area contributed by atoms with Crippen LogP contribution in [0.3, 0.4) is 0 Å². The second kappa shape index (κ2) is 3.22. The average molecular weight is 223 g/mol. The molecule has 3 rings (SSSR count). The largest absolute Gasteiger partial charge is 0.481 e. The van der Waals surface area contributed by atoms with Crippen molar-refractivity contribution in [2.75, 3.05) is 0 Å². The number of amides is 1. The molecule has 3 fully saturated rings. The maximum absolute atomic E-state index is 11.6. The van der Waals surface area contributed by atoms with E-state index >= 15 is 0 Å². The Labute approximate surface area is 94.4 Å². The van der Waals surface area contributed by atoms with E-state index in [9.17, 15) is 9.59 Å². The summed E-state index contributed by atoms with van der Waals surface area (Å²) in [4.78, 5) is 22.3. The fraction of sp³-hybridized carbons (Fsp3) is 0.833. The molecule has 4 heteroatoms. The van der Waals surface area contributed by atoms with Crippen molar-refractivity contribution in [1.29, 1.82) is 0 Å². The Bertz CT molecular complexity index is 338. The van der Waals surface area contributed by atoms with Crippen molar-refractivity contribution < 1.29 is 14.7 Å². The zero-order valence-corrected chi connectivity index (χ0v) is 9.35. The quantitative estimate of drug-likeness (QED) is 0.698. The fourth-order valence-corrected chi connectivity index (χ4v) is 3.92. The summed E-state index contributed by atoms with van der Waals surface area (Å²) >= 11 is 0. The van der Waals surface area contributed by atoms with Gasteiger partial charge in [-0.1, -0.05) is 0 Å². The molecule has 0 aromatic heterocycles. The van der Waals surface area contributed by atoms with Crippen molar-refractivity contribution in [3.05, 3.63) is 0 Å². The van der Waals surface area contributed by atoms with Crippen LogP contribution in [0, 0.1) is 29.6 Å². The fourth-order valence-electron chi connectivity index (χ4n) is 3.92. The maximum atomic E-state index is 11.6. The second-order valence-electron chi connectivity index (χ2n) is 5.58. The van der Waals surface area contributed by atoms with Gasteiger partial charge in [-0.05, 0) is 49.9 Å². The molecule has 0 aromatic carbocycles. The zero-order valence-electron chi connectivity index (χ0n) is 9.35. The van der Waals surface area contributed by atoms with Gasteiger partial charge in [-0.2, -0.15) is 0 Å². The number of fused-ring (bicyclic) bond motifs is 5. The number of rotatable bonds is 3. The highest BCUT2D eigenvalue weighted by Gasteiger charge is 2.65. The van der Waals surface area contributed by atoms with Crippen molar-refractivity contribution in [3.63, 3.8) is 0 Å². The first-order valence-electron chi connectivity index (χ1n) is 6.12. The van der Waals surface area contributed by atoms with Gasteiger partial charge in [0.1, 0.15) is 5.92 Å². The lowest BCUT2D eigenvalue weighted by Crippen LogP contribution is -2.37. The van der Waals surface area contributed by atoms with Crippen molar-refractivity contribution >= 4 is 11.9 Å². The van der Waals surface area contributed by atoms with Crippen LogP contribution in [0.15, 0.2) is 0 Å². The van der Waals surface area contributed by atoms with E-state index < -0.39 is 11.9 Å². The molecule has 0 heterocycles. The molecule has 16 heavy (non-hydrogen) atoms. The lowest BCUT2D eigenvalue weighted by atomic mass is 10.0. The van der Waals surface area contributed by atoms with E-state index in [-0.39, 0.29) is 5.91 Å². The van der Waals surface area contributed by atoms with Crippen molar-refractivity contribution in [3.8, 4) is 0 Å². The SMILES string of the molecule is CC(C(=O)O)C(=O)NC1C2C3CCC(C3)C12.